The molecule has 0 radical (unpaired) electrons. The number of rotatable bonds is 4. The number of ether oxygens (including phenoxy) is 1. The summed E-state index contributed by atoms with van der Waals surface area (Å²) in [6, 6.07) is 10.3. The Balaban J connectivity index is 2.43. The molecule has 2 aromatic rings. The second kappa shape index (κ2) is 6.07. The topological polar surface area (TPSA) is 55.4 Å². The van der Waals surface area contributed by atoms with Gasteiger partial charge in [0.1, 0.15) is 10.6 Å². The molecule has 0 atom stereocenters. The van der Waals surface area contributed by atoms with Crippen LogP contribution < -0.4 is 9.46 Å². The number of hydrogen-bond acceptors (Lipinski definition) is 3. The maximum atomic E-state index is 12.5. The molecule has 0 fully saturated rings. The van der Waals surface area contributed by atoms with Crippen LogP contribution in [0.2, 0.25) is 0 Å². The van der Waals surface area contributed by atoms with Crippen molar-refractivity contribution < 1.29 is 13.2 Å². The van der Waals surface area contributed by atoms with Crippen molar-refractivity contribution in [3.05, 3.63) is 52.0 Å². The summed E-state index contributed by atoms with van der Waals surface area (Å²) in [6.07, 6.45) is 0. The number of sulfonamides is 1. The van der Waals surface area contributed by atoms with Crippen LogP contribution in [0.1, 0.15) is 11.1 Å². The third-order valence-corrected chi connectivity index (χ3v) is 4.94. The van der Waals surface area contributed by atoms with E-state index in [1.54, 1.807) is 30.3 Å². The maximum Gasteiger partial charge on any atom is 0.265 e. The minimum atomic E-state index is -3.70. The van der Waals surface area contributed by atoms with Gasteiger partial charge in [-0.3, -0.25) is 4.72 Å². The van der Waals surface area contributed by atoms with Crippen LogP contribution >= 0.6 is 15.9 Å². The molecular formula is C15H16BrNO3S. The number of hydrogen-bond donors (Lipinski definition) is 1. The van der Waals surface area contributed by atoms with E-state index in [2.05, 4.69) is 20.7 Å². The molecule has 2 aromatic carbocycles. The van der Waals surface area contributed by atoms with Crippen molar-refractivity contribution in [3.63, 3.8) is 0 Å². The summed E-state index contributed by atoms with van der Waals surface area (Å²) < 4.78 is 33.7. The molecule has 0 aliphatic rings. The molecule has 0 amide bonds. The van der Waals surface area contributed by atoms with E-state index in [9.17, 15) is 8.42 Å². The van der Waals surface area contributed by atoms with Crippen LogP contribution in [-0.2, 0) is 10.0 Å². The van der Waals surface area contributed by atoms with E-state index < -0.39 is 10.0 Å². The fourth-order valence-corrected chi connectivity index (χ4v) is 3.70. The molecule has 0 saturated heterocycles. The highest BCUT2D eigenvalue weighted by atomic mass is 79.9. The smallest absolute Gasteiger partial charge is 0.265 e. The summed E-state index contributed by atoms with van der Waals surface area (Å²) in [7, 11) is -2.24. The van der Waals surface area contributed by atoms with Gasteiger partial charge in [-0.2, -0.15) is 0 Å². The summed E-state index contributed by atoms with van der Waals surface area (Å²) in [6.45, 7) is 3.72. The molecule has 0 aliphatic heterocycles. The van der Waals surface area contributed by atoms with Gasteiger partial charge < -0.3 is 4.74 Å². The predicted octanol–water partition coefficient (Wildman–Crippen LogP) is 3.88. The van der Waals surface area contributed by atoms with Crippen molar-refractivity contribution in [3.8, 4) is 5.75 Å². The highest BCUT2D eigenvalue weighted by Gasteiger charge is 2.20. The number of nitrogens with one attached hydrogen (secondary N) is 1. The monoisotopic (exact) mass is 369 g/mol. The number of halogens is 1. The van der Waals surface area contributed by atoms with E-state index in [1.807, 2.05) is 19.9 Å². The number of aryl methyl sites for hydroxylation is 2. The quantitative estimate of drug-likeness (QED) is 0.889. The zero-order chi connectivity index (χ0) is 15.6. The van der Waals surface area contributed by atoms with E-state index in [0.717, 1.165) is 15.6 Å². The average molecular weight is 370 g/mol. The van der Waals surface area contributed by atoms with Crippen LogP contribution in [0, 0.1) is 13.8 Å². The third-order valence-electron chi connectivity index (χ3n) is 3.04. The van der Waals surface area contributed by atoms with E-state index in [1.165, 1.54) is 7.11 Å². The lowest BCUT2D eigenvalue weighted by molar-refractivity contribution is 0.402. The lowest BCUT2D eigenvalue weighted by atomic mass is 10.2. The zero-order valence-electron chi connectivity index (χ0n) is 12.0. The summed E-state index contributed by atoms with van der Waals surface area (Å²) in [5.74, 6) is 0.331. The first-order valence-corrected chi connectivity index (χ1v) is 8.55. The molecule has 0 aromatic heterocycles. The van der Waals surface area contributed by atoms with E-state index in [0.29, 0.717) is 11.4 Å². The number of anilines is 1. The lowest BCUT2D eigenvalue weighted by Gasteiger charge is -2.13. The Hall–Kier alpha value is -1.53. The van der Waals surface area contributed by atoms with Gasteiger partial charge in [0, 0.05) is 4.47 Å². The Labute approximate surface area is 133 Å². The molecular weight excluding hydrogens is 354 g/mol. The molecule has 0 bridgehead atoms. The Morgan fingerprint density at radius 2 is 1.81 bits per heavy atom. The van der Waals surface area contributed by atoms with E-state index in [-0.39, 0.29) is 4.90 Å². The van der Waals surface area contributed by atoms with Gasteiger partial charge in [-0.1, -0.05) is 22.0 Å². The SMILES string of the molecule is COc1cc(C)ccc1S(=O)(=O)Nc1ccc(Br)cc1C. The molecule has 112 valence electrons. The minimum Gasteiger partial charge on any atom is -0.495 e. The van der Waals surface area contributed by atoms with E-state index in [4.69, 9.17) is 4.74 Å². The van der Waals surface area contributed by atoms with Crippen molar-refractivity contribution in [1.82, 2.24) is 0 Å². The average Bonchev–Trinajstić information content (AvgIpc) is 2.41. The van der Waals surface area contributed by atoms with Crippen LogP contribution in [0.15, 0.2) is 45.8 Å². The summed E-state index contributed by atoms with van der Waals surface area (Å²) in [4.78, 5) is 0.123. The van der Waals surface area contributed by atoms with Crippen LogP contribution in [0.25, 0.3) is 0 Å². The Morgan fingerprint density at radius 3 is 2.43 bits per heavy atom. The Morgan fingerprint density at radius 1 is 1.10 bits per heavy atom. The van der Waals surface area contributed by atoms with E-state index >= 15 is 0 Å². The molecule has 0 aliphatic carbocycles. The molecule has 1 N–H and O–H groups in total. The largest absolute Gasteiger partial charge is 0.495 e. The van der Waals surface area contributed by atoms with Gasteiger partial charge >= 0.3 is 0 Å². The fourth-order valence-electron chi connectivity index (χ4n) is 1.94. The van der Waals surface area contributed by atoms with Gasteiger partial charge in [0.2, 0.25) is 0 Å². The fraction of sp³-hybridized carbons (Fsp3) is 0.200. The molecule has 4 nitrogen and oxygen atoms in total. The zero-order valence-corrected chi connectivity index (χ0v) is 14.4. The molecule has 6 heteroatoms. The van der Waals surface area contributed by atoms with Crippen molar-refractivity contribution in [2.24, 2.45) is 0 Å². The second-order valence-electron chi connectivity index (χ2n) is 4.72. The highest BCUT2D eigenvalue weighted by Crippen LogP contribution is 2.28. The van der Waals surface area contributed by atoms with Crippen LogP contribution in [0.5, 0.6) is 5.75 Å². The van der Waals surface area contributed by atoms with Crippen molar-refractivity contribution in [2.45, 2.75) is 18.7 Å². The van der Waals surface area contributed by atoms with Gasteiger partial charge in [0.25, 0.3) is 10.0 Å². The summed E-state index contributed by atoms with van der Waals surface area (Å²) in [5.41, 5.74) is 2.31. The number of methoxy groups -OCH3 is 1. The Kier molecular flexibility index (Phi) is 4.58. The van der Waals surface area contributed by atoms with Gasteiger partial charge in [-0.05, 0) is 55.3 Å². The van der Waals surface area contributed by atoms with Crippen LogP contribution in [0.4, 0.5) is 5.69 Å². The minimum absolute atomic E-state index is 0.123. The lowest BCUT2D eigenvalue weighted by Crippen LogP contribution is -2.15. The normalized spacial score (nSPS) is 11.2. The first-order valence-electron chi connectivity index (χ1n) is 6.27. The first-order chi connectivity index (χ1) is 9.83. The second-order valence-corrected chi connectivity index (χ2v) is 7.29. The maximum absolute atomic E-state index is 12.5. The van der Waals surface area contributed by atoms with Crippen molar-refractivity contribution >= 4 is 31.6 Å². The van der Waals surface area contributed by atoms with Gasteiger partial charge in [0.15, 0.2) is 0 Å². The Bertz CT molecular complexity index is 772. The van der Waals surface area contributed by atoms with Gasteiger partial charge in [-0.25, -0.2) is 8.42 Å². The highest BCUT2D eigenvalue weighted by molar-refractivity contribution is 9.10. The summed E-state index contributed by atoms with van der Waals surface area (Å²) in [5, 5.41) is 0. The molecule has 2 rings (SSSR count). The first kappa shape index (κ1) is 15.9. The van der Waals surface area contributed by atoms with Crippen molar-refractivity contribution in [2.75, 3.05) is 11.8 Å². The summed E-state index contributed by atoms with van der Waals surface area (Å²) >= 11 is 3.35. The molecule has 0 spiro atoms. The number of benzene rings is 2. The van der Waals surface area contributed by atoms with Gasteiger partial charge in [-0.15, -0.1) is 0 Å². The third kappa shape index (κ3) is 3.57. The molecule has 0 unspecified atom stereocenters. The standard InChI is InChI=1S/C15H16BrNO3S/c1-10-4-7-15(14(8-10)20-3)21(18,19)17-13-6-5-12(16)9-11(13)2/h4-9,17H,1-3H3. The molecule has 0 heterocycles. The molecule has 0 saturated carbocycles. The predicted molar refractivity (Wildman–Crippen MR) is 87.4 cm³/mol. The van der Waals surface area contributed by atoms with Crippen molar-refractivity contribution in [1.29, 1.82) is 0 Å². The van der Waals surface area contributed by atoms with Crippen LogP contribution in [0.3, 0.4) is 0 Å². The molecule has 21 heavy (non-hydrogen) atoms. The van der Waals surface area contributed by atoms with Gasteiger partial charge in [0.05, 0.1) is 12.8 Å². The van der Waals surface area contributed by atoms with Crippen LogP contribution in [-0.4, -0.2) is 15.5 Å².